The van der Waals surface area contributed by atoms with Gasteiger partial charge in [0.25, 0.3) is 0 Å². The van der Waals surface area contributed by atoms with E-state index in [1.165, 1.54) is 12.1 Å². The first-order valence-corrected chi connectivity index (χ1v) is 8.85. The Morgan fingerprint density at radius 3 is 2.54 bits per heavy atom. The third-order valence-electron chi connectivity index (χ3n) is 3.42. The van der Waals surface area contributed by atoms with Crippen LogP contribution in [0.1, 0.15) is 18.6 Å². The Balaban J connectivity index is 1.87. The molecular weight excluding hydrogens is 368 g/mol. The van der Waals surface area contributed by atoms with E-state index in [-0.39, 0.29) is 0 Å². The summed E-state index contributed by atoms with van der Waals surface area (Å²) in [5, 5.41) is 0. The molecule has 2 aromatic carbocycles. The van der Waals surface area contributed by atoms with E-state index < -0.39 is 56.6 Å². The highest BCUT2D eigenvalue weighted by Crippen LogP contribution is 2.34. The lowest BCUT2D eigenvalue weighted by molar-refractivity contribution is -0.123. The fourth-order valence-corrected chi connectivity index (χ4v) is 3.35. The van der Waals surface area contributed by atoms with Crippen molar-refractivity contribution >= 4 is 15.9 Å². The van der Waals surface area contributed by atoms with Gasteiger partial charge in [-0.05, 0) is 17.7 Å². The first kappa shape index (κ1) is 16.5. The highest BCUT2D eigenvalue weighted by molar-refractivity contribution is 7.86. The van der Waals surface area contributed by atoms with E-state index in [0.29, 0.717) is 11.6 Å². The van der Waals surface area contributed by atoms with Crippen molar-refractivity contribution in [3.63, 3.8) is 0 Å². The van der Waals surface area contributed by atoms with Crippen molar-refractivity contribution in [3.8, 4) is 0 Å². The first-order chi connectivity index (χ1) is 12.6. The lowest BCUT2D eigenvalue weighted by Gasteiger charge is -2.11. The monoisotopic (exact) mass is 382 g/mol. The van der Waals surface area contributed by atoms with Crippen LogP contribution in [0.4, 0.5) is 8.78 Å². The number of halogens is 2. The second kappa shape index (κ2) is 6.75. The van der Waals surface area contributed by atoms with Crippen LogP contribution in [0.15, 0.2) is 60.2 Å². The fraction of sp³-hybridized carbons (Fsp3) is 0.118. The van der Waals surface area contributed by atoms with Crippen molar-refractivity contribution in [1.29, 1.82) is 0 Å². The van der Waals surface area contributed by atoms with Gasteiger partial charge in [0.15, 0.2) is 6.08 Å². The maximum atomic E-state index is 14.0. The minimum atomic E-state index is -4.31. The summed E-state index contributed by atoms with van der Waals surface area (Å²) >= 11 is 0. The summed E-state index contributed by atoms with van der Waals surface area (Å²) in [7, 11) is -4.31. The van der Waals surface area contributed by atoms with Crippen LogP contribution in [0.2, 0.25) is 0 Å². The predicted octanol–water partition coefficient (Wildman–Crippen LogP) is 2.28. The van der Waals surface area contributed by atoms with Crippen LogP contribution in [0.25, 0.3) is 0 Å². The molecule has 1 aliphatic rings. The number of hydrogen-bond acceptors (Lipinski definition) is 6. The van der Waals surface area contributed by atoms with E-state index in [1.807, 2.05) is 0 Å². The van der Waals surface area contributed by atoms with E-state index in [0.717, 1.165) is 12.1 Å². The number of hydrogen-bond donors (Lipinski definition) is 1. The molecule has 0 aliphatic carbocycles. The van der Waals surface area contributed by atoms with E-state index in [9.17, 15) is 22.0 Å². The molecule has 2 N–H and O–H groups in total. The summed E-state index contributed by atoms with van der Waals surface area (Å²) in [4.78, 5) is 12.5. The van der Waals surface area contributed by atoms with Gasteiger partial charge in [0, 0.05) is 11.6 Å². The van der Waals surface area contributed by atoms with Gasteiger partial charge in [0.1, 0.15) is 17.4 Å². The van der Waals surface area contributed by atoms with Crippen molar-refractivity contribution in [3.05, 3.63) is 82.9 Å². The second-order valence-corrected chi connectivity index (χ2v) is 6.92. The van der Waals surface area contributed by atoms with Gasteiger partial charge in [-0.1, -0.05) is 30.3 Å². The minimum absolute atomic E-state index is 0.393. The molecule has 136 valence electrons. The maximum Gasteiger partial charge on any atom is 0.313 e. The normalized spacial score (nSPS) is 20.7. The summed E-state index contributed by atoms with van der Waals surface area (Å²) < 4.78 is 69.2. The van der Waals surface area contributed by atoms with Gasteiger partial charge in [-0.2, -0.15) is 8.42 Å². The number of nitrogens with two attached hydrogens (primary N) is 1. The molecule has 0 aromatic heterocycles. The van der Waals surface area contributed by atoms with E-state index >= 15 is 0 Å². The van der Waals surface area contributed by atoms with Crippen molar-refractivity contribution in [2.45, 2.75) is 11.8 Å². The van der Waals surface area contributed by atoms with Gasteiger partial charge in [-0.3, -0.25) is 4.79 Å². The molecule has 0 fully saturated rings. The third-order valence-corrected chi connectivity index (χ3v) is 4.53. The van der Waals surface area contributed by atoms with Gasteiger partial charge in [0.2, 0.25) is 17.4 Å². The van der Waals surface area contributed by atoms with Crippen LogP contribution in [-0.2, 0) is 29.6 Å². The smallest absolute Gasteiger partial charge is 0.313 e. The lowest BCUT2D eigenvalue weighted by Crippen LogP contribution is -2.17. The van der Waals surface area contributed by atoms with E-state index in [1.54, 1.807) is 18.2 Å². The van der Waals surface area contributed by atoms with Crippen LogP contribution in [-0.4, -0.2) is 14.2 Å². The number of ether oxygens (including phenoxy) is 1. The average Bonchev–Trinajstić information content (AvgIpc) is 2.79. The number of rotatable bonds is 5. The van der Waals surface area contributed by atoms with Gasteiger partial charge >= 0.3 is 10.1 Å². The summed E-state index contributed by atoms with van der Waals surface area (Å²) in [6.07, 6.45) is -2.72. The molecule has 1 aliphatic heterocycles. The molecule has 0 bridgehead atoms. The Hall–Kier alpha value is -2.94. The zero-order valence-electron chi connectivity index (χ0n) is 14.1. The first-order valence-electron chi connectivity index (χ1n) is 7.77. The third kappa shape index (κ3) is 3.67. The molecule has 9 heteroatoms. The van der Waals surface area contributed by atoms with Gasteiger partial charge in [-0.25, -0.2) is 8.78 Å². The lowest BCUT2D eigenvalue weighted by atomic mass is 10.1. The Bertz CT molecular complexity index is 1040. The Kier molecular flexibility index (Phi) is 4.29. The van der Waals surface area contributed by atoms with Crippen LogP contribution < -0.4 is 5.73 Å². The number of benzene rings is 2. The quantitative estimate of drug-likeness (QED) is 0.797. The highest BCUT2D eigenvalue weighted by Gasteiger charge is 2.40. The van der Waals surface area contributed by atoms with Crippen LogP contribution in [0.3, 0.4) is 0 Å². The molecule has 26 heavy (non-hydrogen) atoms. The fourth-order valence-electron chi connectivity index (χ4n) is 2.28. The average molecular weight is 382 g/mol. The summed E-state index contributed by atoms with van der Waals surface area (Å²) in [6.45, 7) is 0. The molecule has 1 heterocycles. The second-order valence-electron chi connectivity index (χ2n) is 5.35. The molecule has 0 saturated carbocycles. The molecule has 0 spiro atoms. The standard InChI is InChI=1S/C17H13F2NO5S/c18-11-6-7-12(13(19)8-11)15-14(21)16(17(20)24-15)25-26(22,23)9-10-4-2-1-3-5-10/h1-8,15H,9,20H2/t15-/m0/s1/i15D. The SMILES string of the molecule is [2H][C@@]1(c2ccc(F)cc2F)OC(N)=C(OS(=O)(=O)Cc2ccccc2)C1=O. The van der Waals surface area contributed by atoms with Gasteiger partial charge in [0.05, 0.1) is 1.37 Å². The molecule has 0 radical (unpaired) electrons. The summed E-state index contributed by atoms with van der Waals surface area (Å²) in [6, 6.07) is 10.1. The van der Waals surface area contributed by atoms with Crippen molar-refractivity contribution < 1.29 is 32.3 Å². The topological polar surface area (TPSA) is 95.7 Å². The maximum absolute atomic E-state index is 14.0. The van der Waals surface area contributed by atoms with Crippen molar-refractivity contribution in [2.24, 2.45) is 5.73 Å². The molecule has 0 unspecified atom stereocenters. The predicted molar refractivity (Wildman–Crippen MR) is 86.6 cm³/mol. The van der Waals surface area contributed by atoms with Gasteiger partial charge in [-0.15, -0.1) is 0 Å². The molecule has 6 nitrogen and oxygen atoms in total. The molecular formula is C17H13F2NO5S. The zero-order chi connectivity index (χ0) is 19.8. The highest BCUT2D eigenvalue weighted by atomic mass is 32.2. The number of Topliss-reactive ketones (excluding diaryl/α,β-unsaturated/α-hetero) is 1. The number of ketones is 1. The number of carbonyl (C=O) groups is 1. The van der Waals surface area contributed by atoms with Crippen molar-refractivity contribution in [2.75, 3.05) is 0 Å². The molecule has 0 amide bonds. The summed E-state index contributed by atoms with van der Waals surface area (Å²) in [5.41, 5.74) is 5.26. The van der Waals surface area contributed by atoms with E-state index in [4.69, 9.17) is 16.0 Å². The molecule has 2 aromatic rings. The largest absolute Gasteiger partial charge is 0.460 e. The van der Waals surface area contributed by atoms with Crippen LogP contribution in [0.5, 0.6) is 0 Å². The van der Waals surface area contributed by atoms with Crippen LogP contribution >= 0.6 is 0 Å². The Morgan fingerprint density at radius 1 is 1.19 bits per heavy atom. The molecule has 1 atom stereocenters. The molecule has 0 saturated heterocycles. The van der Waals surface area contributed by atoms with E-state index in [2.05, 4.69) is 0 Å². The summed E-state index contributed by atoms with van der Waals surface area (Å²) in [5.74, 6) is -5.73. The van der Waals surface area contributed by atoms with Crippen LogP contribution in [0, 0.1) is 11.6 Å². The zero-order valence-corrected chi connectivity index (χ0v) is 13.9. The minimum Gasteiger partial charge on any atom is -0.460 e. The number of carbonyl (C=O) groups excluding carboxylic acids is 1. The Labute approximate surface area is 149 Å². The van der Waals surface area contributed by atoms with Crippen molar-refractivity contribution in [1.82, 2.24) is 0 Å². The Morgan fingerprint density at radius 2 is 1.88 bits per heavy atom. The molecule has 3 rings (SSSR count). The van der Waals surface area contributed by atoms with Gasteiger partial charge < -0.3 is 14.7 Å².